The summed E-state index contributed by atoms with van der Waals surface area (Å²) < 4.78 is 6.34. The maximum absolute atomic E-state index is 12.8. The molecule has 2 saturated carbocycles. The summed E-state index contributed by atoms with van der Waals surface area (Å²) in [4.78, 5) is 12.8. The minimum Gasteiger partial charge on any atom is -0.392 e. The molecule has 0 aromatic heterocycles. The van der Waals surface area contributed by atoms with E-state index in [1.807, 2.05) is 0 Å². The molecule has 1 aliphatic heterocycles. The Morgan fingerprint density at radius 3 is 2.33 bits per heavy atom. The highest BCUT2D eigenvalue weighted by molar-refractivity contribution is 5.90. The van der Waals surface area contributed by atoms with Gasteiger partial charge in [0, 0.05) is 24.2 Å². The summed E-state index contributed by atoms with van der Waals surface area (Å²) in [6, 6.07) is 0. The van der Waals surface area contributed by atoms with Gasteiger partial charge in [0.2, 0.25) is 0 Å². The largest absolute Gasteiger partial charge is 0.392 e. The second kappa shape index (κ2) is 5.15. The Bertz CT molecular complexity index is 570. The zero-order valence-electron chi connectivity index (χ0n) is 15.6. The first-order valence-corrected chi connectivity index (χ1v) is 9.15. The molecule has 0 spiro atoms. The second-order valence-electron chi connectivity index (χ2n) is 9.45. The molecule has 4 heteroatoms. The van der Waals surface area contributed by atoms with Crippen LogP contribution in [0.1, 0.15) is 60.3 Å². The third-order valence-electron chi connectivity index (χ3n) is 7.87. The molecule has 0 radical (unpaired) electrons. The number of carbonyl (C=O) groups excluding carboxylic acids is 1. The second-order valence-corrected chi connectivity index (χ2v) is 9.45. The number of aliphatic hydroxyl groups is 2. The van der Waals surface area contributed by atoms with E-state index in [2.05, 4.69) is 34.3 Å². The summed E-state index contributed by atoms with van der Waals surface area (Å²) in [5.74, 6) is 0.148. The van der Waals surface area contributed by atoms with Gasteiger partial charge in [-0.25, -0.2) is 0 Å². The van der Waals surface area contributed by atoms with Gasteiger partial charge in [0.05, 0.1) is 17.8 Å². The predicted molar refractivity (Wildman–Crippen MR) is 92.4 cm³/mol. The highest BCUT2D eigenvalue weighted by Gasteiger charge is 2.67. The lowest BCUT2D eigenvalue weighted by atomic mass is 9.43. The van der Waals surface area contributed by atoms with Crippen LogP contribution in [0.2, 0.25) is 0 Å². The van der Waals surface area contributed by atoms with Gasteiger partial charge in [0.1, 0.15) is 5.60 Å². The third kappa shape index (κ3) is 2.12. The van der Waals surface area contributed by atoms with Crippen LogP contribution in [0.15, 0.2) is 12.7 Å². The molecule has 2 N–H and O–H groups in total. The first-order chi connectivity index (χ1) is 10.9. The van der Waals surface area contributed by atoms with Crippen LogP contribution >= 0.6 is 0 Å². The number of hydrogen-bond donors (Lipinski definition) is 2. The smallest absolute Gasteiger partial charge is 0.168 e. The summed E-state index contributed by atoms with van der Waals surface area (Å²) in [6.07, 6.45) is 2.93. The summed E-state index contributed by atoms with van der Waals surface area (Å²) in [6.45, 7) is 14.0. The van der Waals surface area contributed by atoms with Gasteiger partial charge < -0.3 is 14.9 Å². The van der Waals surface area contributed by atoms with E-state index in [1.165, 1.54) is 0 Å². The summed E-state index contributed by atoms with van der Waals surface area (Å²) in [7, 11) is 0. The lowest BCUT2D eigenvalue weighted by Crippen LogP contribution is -2.69. The monoisotopic (exact) mass is 336 g/mol. The Hall–Kier alpha value is -0.710. The molecule has 7 atom stereocenters. The topological polar surface area (TPSA) is 66.8 Å². The van der Waals surface area contributed by atoms with E-state index in [9.17, 15) is 15.0 Å². The Balaban J connectivity index is 2.06. The van der Waals surface area contributed by atoms with Gasteiger partial charge in [-0.15, -0.1) is 0 Å². The van der Waals surface area contributed by atoms with E-state index in [0.717, 1.165) is 12.8 Å². The van der Waals surface area contributed by atoms with E-state index in [1.54, 1.807) is 13.0 Å². The van der Waals surface area contributed by atoms with E-state index in [-0.39, 0.29) is 23.0 Å². The average molecular weight is 336 g/mol. The van der Waals surface area contributed by atoms with Gasteiger partial charge in [0.25, 0.3) is 0 Å². The molecule has 0 bridgehead atoms. The van der Waals surface area contributed by atoms with E-state index < -0.39 is 28.8 Å². The quantitative estimate of drug-likeness (QED) is 0.723. The van der Waals surface area contributed by atoms with Gasteiger partial charge in [-0.2, -0.15) is 0 Å². The molecule has 0 aromatic rings. The Kier molecular flexibility index (Phi) is 3.88. The van der Waals surface area contributed by atoms with Crippen molar-refractivity contribution in [3.8, 4) is 0 Å². The third-order valence-corrected chi connectivity index (χ3v) is 7.87. The highest BCUT2D eigenvalue weighted by atomic mass is 16.5. The number of Topliss-reactive ketones (excluding diaryl/α,β-unsaturated/α-hetero) is 1. The number of hydrogen-bond acceptors (Lipinski definition) is 4. The van der Waals surface area contributed by atoms with Crippen molar-refractivity contribution in [1.29, 1.82) is 0 Å². The van der Waals surface area contributed by atoms with Crippen molar-refractivity contribution in [3.05, 3.63) is 12.7 Å². The summed E-state index contributed by atoms with van der Waals surface area (Å²) >= 11 is 0. The molecule has 3 rings (SSSR count). The molecule has 4 nitrogen and oxygen atoms in total. The van der Waals surface area contributed by atoms with Crippen LogP contribution in [0.3, 0.4) is 0 Å². The molecule has 3 aliphatic rings. The standard InChI is InChI=1S/C20H32O4/c1-7-18(4)15(22)10-13-19(5,24-18)9-8-12-17(2,3)14(21)11-16(23)20(12,13)6/h7,12-14,16,21,23H,1,8-11H2,2-6H3/t12?,13?,14-,16+,18+,19+,20-/m1/s1. The Morgan fingerprint density at radius 1 is 1.12 bits per heavy atom. The van der Waals surface area contributed by atoms with Crippen LogP contribution in [0, 0.1) is 22.7 Å². The van der Waals surface area contributed by atoms with E-state index >= 15 is 0 Å². The fraction of sp³-hybridized carbons (Fsp3) is 0.850. The number of aliphatic hydroxyl groups excluding tert-OH is 2. The maximum Gasteiger partial charge on any atom is 0.168 e. The Labute approximate surface area is 145 Å². The number of ketones is 1. The SMILES string of the molecule is C=C[C@]1(C)O[C@@]2(C)CCC3C(C)(C)[C@H](O)C[C@H](O)[C@@]3(C)C2CC1=O. The van der Waals surface area contributed by atoms with Crippen LogP contribution in [0.25, 0.3) is 0 Å². The molecule has 3 fully saturated rings. The van der Waals surface area contributed by atoms with Gasteiger partial charge in [-0.05, 0) is 38.0 Å². The highest BCUT2D eigenvalue weighted by Crippen LogP contribution is 2.65. The van der Waals surface area contributed by atoms with Crippen molar-refractivity contribution in [2.75, 3.05) is 0 Å². The van der Waals surface area contributed by atoms with Crippen molar-refractivity contribution >= 4 is 5.78 Å². The van der Waals surface area contributed by atoms with Crippen LogP contribution in [-0.4, -0.2) is 39.4 Å². The summed E-state index contributed by atoms with van der Waals surface area (Å²) in [5, 5.41) is 21.5. The molecule has 24 heavy (non-hydrogen) atoms. The number of rotatable bonds is 1. The van der Waals surface area contributed by atoms with Gasteiger partial charge >= 0.3 is 0 Å². The molecular formula is C20H32O4. The van der Waals surface area contributed by atoms with Crippen molar-refractivity contribution in [1.82, 2.24) is 0 Å². The predicted octanol–water partition coefficient (Wildman–Crippen LogP) is 2.86. The molecule has 2 unspecified atom stereocenters. The Morgan fingerprint density at radius 2 is 1.75 bits per heavy atom. The molecule has 0 aromatic carbocycles. The van der Waals surface area contributed by atoms with Crippen molar-refractivity contribution in [2.24, 2.45) is 22.7 Å². The van der Waals surface area contributed by atoms with Crippen LogP contribution in [0.4, 0.5) is 0 Å². The van der Waals surface area contributed by atoms with E-state index in [4.69, 9.17) is 4.74 Å². The lowest BCUT2D eigenvalue weighted by Gasteiger charge is -2.66. The molecule has 0 amide bonds. The van der Waals surface area contributed by atoms with E-state index in [0.29, 0.717) is 12.8 Å². The van der Waals surface area contributed by atoms with Crippen LogP contribution in [0.5, 0.6) is 0 Å². The molecule has 136 valence electrons. The fourth-order valence-electron chi connectivity index (χ4n) is 6.10. The molecule has 1 saturated heterocycles. The van der Waals surface area contributed by atoms with Crippen LogP contribution in [-0.2, 0) is 9.53 Å². The minimum atomic E-state index is -0.941. The summed E-state index contributed by atoms with van der Waals surface area (Å²) in [5.41, 5.74) is -2.12. The molecular weight excluding hydrogens is 304 g/mol. The molecule has 2 aliphatic carbocycles. The fourth-order valence-corrected chi connectivity index (χ4v) is 6.10. The van der Waals surface area contributed by atoms with Crippen molar-refractivity contribution in [2.45, 2.75) is 83.7 Å². The lowest BCUT2D eigenvalue weighted by molar-refractivity contribution is -0.275. The number of ether oxygens (including phenoxy) is 1. The van der Waals surface area contributed by atoms with Gasteiger partial charge in [-0.1, -0.05) is 33.4 Å². The average Bonchev–Trinajstić information content (AvgIpc) is 2.48. The minimum absolute atomic E-state index is 0.0398. The van der Waals surface area contributed by atoms with Crippen molar-refractivity contribution < 1.29 is 19.7 Å². The van der Waals surface area contributed by atoms with Gasteiger partial charge in [-0.3, -0.25) is 4.79 Å². The van der Waals surface area contributed by atoms with Crippen LogP contribution < -0.4 is 0 Å². The number of carbonyl (C=O) groups is 1. The van der Waals surface area contributed by atoms with Gasteiger partial charge in [0.15, 0.2) is 5.78 Å². The van der Waals surface area contributed by atoms with Crippen molar-refractivity contribution in [3.63, 3.8) is 0 Å². The molecule has 1 heterocycles. The zero-order chi connectivity index (χ0) is 18.1. The zero-order valence-corrected chi connectivity index (χ0v) is 15.6. The normalized spacial score (nSPS) is 53.9. The maximum atomic E-state index is 12.8. The first-order valence-electron chi connectivity index (χ1n) is 9.15. The first kappa shape index (κ1) is 18.1. The number of fused-ring (bicyclic) bond motifs is 3.